The number of nitrogens with one attached hydrogen (secondary N) is 1. The van der Waals surface area contributed by atoms with E-state index in [9.17, 15) is 14.7 Å². The molecule has 2 atom stereocenters. The summed E-state index contributed by atoms with van der Waals surface area (Å²) in [6.45, 7) is 0.364. The molecule has 6 nitrogen and oxygen atoms in total. The fraction of sp³-hybridized carbons (Fsp3) is 0.600. The van der Waals surface area contributed by atoms with E-state index in [4.69, 9.17) is 4.42 Å². The molecule has 2 N–H and O–H groups in total. The number of carbonyl (C=O) groups is 2. The van der Waals surface area contributed by atoms with Crippen LogP contribution in [0.4, 0.5) is 4.79 Å². The minimum absolute atomic E-state index is 0.260. The van der Waals surface area contributed by atoms with Gasteiger partial charge >= 0.3 is 12.0 Å². The van der Waals surface area contributed by atoms with Crippen LogP contribution < -0.4 is 5.32 Å². The maximum absolute atomic E-state index is 12.2. The van der Waals surface area contributed by atoms with Crippen molar-refractivity contribution in [2.75, 3.05) is 7.05 Å². The molecule has 0 aliphatic heterocycles. The van der Waals surface area contributed by atoms with E-state index >= 15 is 0 Å². The van der Waals surface area contributed by atoms with Crippen molar-refractivity contribution in [3.63, 3.8) is 0 Å². The molecule has 1 aliphatic rings. The highest BCUT2D eigenvalue weighted by molar-refractivity contribution is 5.76. The highest BCUT2D eigenvalue weighted by Crippen LogP contribution is 2.24. The van der Waals surface area contributed by atoms with Gasteiger partial charge in [-0.2, -0.15) is 0 Å². The van der Waals surface area contributed by atoms with Crippen LogP contribution in [0.3, 0.4) is 0 Å². The third-order valence-electron chi connectivity index (χ3n) is 3.96. The second-order valence-electron chi connectivity index (χ2n) is 5.57. The van der Waals surface area contributed by atoms with Crippen LogP contribution in [0, 0.1) is 5.92 Å². The average molecular weight is 294 g/mol. The molecule has 0 radical (unpaired) electrons. The van der Waals surface area contributed by atoms with E-state index < -0.39 is 11.9 Å². The van der Waals surface area contributed by atoms with Gasteiger partial charge in [-0.15, -0.1) is 0 Å². The Balaban J connectivity index is 1.94. The zero-order valence-electron chi connectivity index (χ0n) is 12.2. The van der Waals surface area contributed by atoms with Crippen molar-refractivity contribution in [2.24, 2.45) is 5.92 Å². The fourth-order valence-electron chi connectivity index (χ4n) is 2.75. The van der Waals surface area contributed by atoms with Gasteiger partial charge in [0.15, 0.2) is 0 Å². The molecule has 0 bridgehead atoms. The number of carboxylic acid groups (broad SMARTS) is 1. The molecule has 1 heterocycles. The van der Waals surface area contributed by atoms with E-state index in [2.05, 4.69) is 5.32 Å². The molecule has 1 saturated carbocycles. The van der Waals surface area contributed by atoms with Gasteiger partial charge in [0.2, 0.25) is 0 Å². The Labute approximate surface area is 124 Å². The van der Waals surface area contributed by atoms with Crippen molar-refractivity contribution >= 4 is 12.0 Å². The topological polar surface area (TPSA) is 82.8 Å². The monoisotopic (exact) mass is 294 g/mol. The Bertz CT molecular complexity index is 472. The first kappa shape index (κ1) is 15.4. The maximum Gasteiger partial charge on any atom is 0.317 e. The molecule has 1 aliphatic carbocycles. The van der Waals surface area contributed by atoms with E-state index in [-0.39, 0.29) is 12.1 Å². The first-order valence-electron chi connectivity index (χ1n) is 7.34. The fourth-order valence-corrected chi connectivity index (χ4v) is 2.75. The minimum atomic E-state index is -0.823. The summed E-state index contributed by atoms with van der Waals surface area (Å²) in [5.74, 6) is -0.618. The Morgan fingerprint density at radius 1 is 1.38 bits per heavy atom. The second-order valence-corrected chi connectivity index (χ2v) is 5.57. The van der Waals surface area contributed by atoms with E-state index in [1.54, 1.807) is 25.4 Å². The molecule has 2 rings (SSSR count). The summed E-state index contributed by atoms with van der Waals surface area (Å²) in [6.07, 6.45) is 5.80. The summed E-state index contributed by atoms with van der Waals surface area (Å²) < 4.78 is 5.21. The number of hydrogen-bond acceptors (Lipinski definition) is 3. The lowest BCUT2D eigenvalue weighted by Gasteiger charge is -2.26. The second kappa shape index (κ2) is 7.15. The number of urea groups is 1. The van der Waals surface area contributed by atoms with Crippen LogP contribution in [0.25, 0.3) is 0 Å². The summed E-state index contributed by atoms with van der Waals surface area (Å²) in [4.78, 5) is 25.0. The molecular weight excluding hydrogens is 272 g/mol. The van der Waals surface area contributed by atoms with Crippen molar-refractivity contribution < 1.29 is 19.1 Å². The SMILES string of the molecule is CN(Cc1ccco1)C(=O)NC1CCCCCC1C(=O)O. The first-order valence-corrected chi connectivity index (χ1v) is 7.34. The standard InChI is InChI=1S/C15H22N2O4/c1-17(10-11-6-5-9-21-11)15(20)16-13-8-4-2-3-7-12(13)14(18)19/h5-6,9,12-13H,2-4,7-8,10H2,1H3,(H,16,20)(H,18,19). The number of carbonyl (C=O) groups excluding carboxylic acids is 1. The van der Waals surface area contributed by atoms with Crippen molar-refractivity contribution in [3.05, 3.63) is 24.2 Å². The number of amides is 2. The van der Waals surface area contributed by atoms with Gasteiger partial charge in [-0.3, -0.25) is 4.79 Å². The molecule has 1 aromatic heterocycles. The number of nitrogens with zero attached hydrogens (tertiary/aromatic N) is 1. The van der Waals surface area contributed by atoms with Crippen LogP contribution in [0.15, 0.2) is 22.8 Å². The Hall–Kier alpha value is -1.98. The van der Waals surface area contributed by atoms with Gasteiger partial charge in [-0.05, 0) is 25.0 Å². The van der Waals surface area contributed by atoms with Gasteiger partial charge in [-0.25, -0.2) is 4.79 Å². The summed E-state index contributed by atoms with van der Waals surface area (Å²) >= 11 is 0. The lowest BCUT2D eigenvalue weighted by Crippen LogP contribution is -2.47. The maximum atomic E-state index is 12.2. The highest BCUT2D eigenvalue weighted by atomic mass is 16.4. The van der Waals surface area contributed by atoms with Gasteiger partial charge in [0.25, 0.3) is 0 Å². The molecule has 0 spiro atoms. The molecule has 116 valence electrons. The highest BCUT2D eigenvalue weighted by Gasteiger charge is 2.31. The van der Waals surface area contributed by atoms with Crippen molar-refractivity contribution in [1.82, 2.24) is 10.2 Å². The third-order valence-corrected chi connectivity index (χ3v) is 3.96. The zero-order valence-corrected chi connectivity index (χ0v) is 12.2. The Morgan fingerprint density at radius 2 is 2.14 bits per heavy atom. The largest absolute Gasteiger partial charge is 0.481 e. The van der Waals surface area contributed by atoms with Crippen molar-refractivity contribution in [2.45, 2.75) is 44.7 Å². The third kappa shape index (κ3) is 4.24. The molecule has 0 aromatic carbocycles. The number of furan rings is 1. The van der Waals surface area contributed by atoms with Crippen LogP contribution in [-0.4, -0.2) is 35.1 Å². The summed E-state index contributed by atoms with van der Waals surface area (Å²) in [5.41, 5.74) is 0. The van der Waals surface area contributed by atoms with E-state index in [0.717, 1.165) is 25.7 Å². The van der Waals surface area contributed by atoms with Crippen molar-refractivity contribution in [1.29, 1.82) is 0 Å². The average Bonchev–Trinajstić information content (AvgIpc) is 2.83. The summed E-state index contributed by atoms with van der Waals surface area (Å²) in [7, 11) is 1.67. The van der Waals surface area contributed by atoms with Crippen LogP contribution >= 0.6 is 0 Å². The van der Waals surface area contributed by atoms with Gasteiger partial charge in [-0.1, -0.05) is 19.3 Å². The molecule has 0 saturated heterocycles. The van der Waals surface area contributed by atoms with Crippen LogP contribution in [0.2, 0.25) is 0 Å². The molecule has 2 unspecified atom stereocenters. The van der Waals surface area contributed by atoms with E-state index in [1.165, 1.54) is 4.90 Å². The predicted molar refractivity (Wildman–Crippen MR) is 76.7 cm³/mol. The minimum Gasteiger partial charge on any atom is -0.481 e. The van der Waals surface area contributed by atoms with Gasteiger partial charge in [0.05, 0.1) is 18.7 Å². The van der Waals surface area contributed by atoms with E-state index in [1.807, 2.05) is 0 Å². The number of hydrogen-bond donors (Lipinski definition) is 2. The van der Waals surface area contributed by atoms with Crippen LogP contribution in [0.5, 0.6) is 0 Å². The first-order chi connectivity index (χ1) is 10.1. The number of rotatable bonds is 4. The number of carboxylic acids is 1. The van der Waals surface area contributed by atoms with Crippen LogP contribution in [0.1, 0.15) is 37.9 Å². The number of aliphatic carboxylic acids is 1. The quantitative estimate of drug-likeness (QED) is 0.836. The summed E-state index contributed by atoms with van der Waals surface area (Å²) in [5, 5.41) is 12.2. The smallest absolute Gasteiger partial charge is 0.317 e. The summed E-state index contributed by atoms with van der Waals surface area (Å²) in [6, 6.07) is 3.02. The lowest BCUT2D eigenvalue weighted by atomic mass is 9.95. The normalized spacial score (nSPS) is 22.3. The van der Waals surface area contributed by atoms with Crippen molar-refractivity contribution in [3.8, 4) is 0 Å². The lowest BCUT2D eigenvalue weighted by molar-refractivity contribution is -0.142. The molecule has 1 aromatic rings. The van der Waals surface area contributed by atoms with E-state index in [0.29, 0.717) is 18.7 Å². The molecule has 2 amide bonds. The molecule has 6 heteroatoms. The van der Waals surface area contributed by atoms with Gasteiger partial charge in [0.1, 0.15) is 5.76 Å². The Morgan fingerprint density at radius 3 is 2.81 bits per heavy atom. The van der Waals surface area contributed by atoms with Gasteiger partial charge < -0.3 is 19.7 Å². The molecule has 1 fully saturated rings. The molecule has 21 heavy (non-hydrogen) atoms. The predicted octanol–water partition coefficient (Wildman–Crippen LogP) is 2.45. The van der Waals surface area contributed by atoms with Gasteiger partial charge in [0, 0.05) is 13.1 Å². The zero-order chi connectivity index (χ0) is 15.2. The van der Waals surface area contributed by atoms with Crippen LogP contribution in [-0.2, 0) is 11.3 Å². The Kier molecular flexibility index (Phi) is 5.25. The molecular formula is C15H22N2O4.